The minimum absolute atomic E-state index is 0.0948. The van der Waals surface area contributed by atoms with Crippen molar-refractivity contribution < 1.29 is 4.79 Å². The monoisotopic (exact) mass is 184 g/mol. The number of carbonyl (C=O) groups is 1. The predicted molar refractivity (Wildman–Crippen MR) is 55.3 cm³/mol. The Kier molecular flexibility index (Phi) is 4.70. The number of hydrogen-bond donors (Lipinski definition) is 1. The third kappa shape index (κ3) is 2.84. The van der Waals surface area contributed by atoms with Crippen molar-refractivity contribution in [3.05, 3.63) is 12.7 Å². The molecule has 0 spiro atoms. The second kappa shape index (κ2) is 5.02. The molecule has 0 heterocycles. The summed E-state index contributed by atoms with van der Waals surface area (Å²) < 4.78 is 0. The summed E-state index contributed by atoms with van der Waals surface area (Å²) in [7, 11) is 1.77. The van der Waals surface area contributed by atoms with Crippen LogP contribution >= 0.6 is 0 Å². The SMILES string of the molecule is C=CCN(C)C(=O)C(C)(CC)CN. The van der Waals surface area contributed by atoms with Gasteiger partial charge in [-0.3, -0.25) is 4.79 Å². The van der Waals surface area contributed by atoms with Crippen LogP contribution in [-0.2, 0) is 4.79 Å². The molecule has 0 aromatic carbocycles. The largest absolute Gasteiger partial charge is 0.342 e. The minimum atomic E-state index is -0.419. The van der Waals surface area contributed by atoms with Crippen molar-refractivity contribution in [2.75, 3.05) is 20.1 Å². The molecule has 3 heteroatoms. The molecule has 13 heavy (non-hydrogen) atoms. The van der Waals surface area contributed by atoms with Gasteiger partial charge in [-0.2, -0.15) is 0 Å². The van der Waals surface area contributed by atoms with Crippen molar-refractivity contribution in [2.45, 2.75) is 20.3 Å². The summed E-state index contributed by atoms with van der Waals surface area (Å²) >= 11 is 0. The summed E-state index contributed by atoms with van der Waals surface area (Å²) in [4.78, 5) is 13.5. The van der Waals surface area contributed by atoms with Crippen molar-refractivity contribution in [1.29, 1.82) is 0 Å². The van der Waals surface area contributed by atoms with Crippen molar-refractivity contribution in [2.24, 2.45) is 11.1 Å². The molecule has 0 aliphatic rings. The number of rotatable bonds is 5. The van der Waals surface area contributed by atoms with Crippen LogP contribution in [0, 0.1) is 5.41 Å². The van der Waals surface area contributed by atoms with Gasteiger partial charge in [0.2, 0.25) is 5.91 Å². The van der Waals surface area contributed by atoms with Gasteiger partial charge in [0.05, 0.1) is 5.41 Å². The Labute approximate surface area is 80.6 Å². The number of amides is 1. The zero-order chi connectivity index (χ0) is 10.5. The number of likely N-dealkylation sites (N-methyl/N-ethyl adjacent to an activating group) is 1. The summed E-state index contributed by atoms with van der Waals surface area (Å²) in [6.07, 6.45) is 2.48. The Balaban J connectivity index is 4.45. The van der Waals surface area contributed by atoms with Gasteiger partial charge in [-0.15, -0.1) is 6.58 Å². The highest BCUT2D eigenvalue weighted by molar-refractivity contribution is 5.82. The van der Waals surface area contributed by atoms with E-state index in [0.29, 0.717) is 13.1 Å². The average Bonchev–Trinajstić information content (AvgIpc) is 2.16. The van der Waals surface area contributed by atoms with E-state index in [1.54, 1.807) is 18.0 Å². The van der Waals surface area contributed by atoms with Crippen LogP contribution < -0.4 is 5.73 Å². The first-order chi connectivity index (χ1) is 6.01. The summed E-state index contributed by atoms with van der Waals surface area (Å²) in [6.45, 7) is 8.44. The van der Waals surface area contributed by atoms with E-state index in [-0.39, 0.29) is 5.91 Å². The first-order valence-electron chi connectivity index (χ1n) is 4.58. The molecular formula is C10H20N2O. The highest BCUT2D eigenvalue weighted by Crippen LogP contribution is 2.21. The molecule has 0 radical (unpaired) electrons. The first-order valence-corrected chi connectivity index (χ1v) is 4.58. The topological polar surface area (TPSA) is 46.3 Å². The molecule has 0 saturated carbocycles. The van der Waals surface area contributed by atoms with E-state index in [2.05, 4.69) is 6.58 Å². The van der Waals surface area contributed by atoms with Crippen LogP contribution in [0.3, 0.4) is 0 Å². The van der Waals surface area contributed by atoms with Crippen LogP contribution in [0.4, 0.5) is 0 Å². The van der Waals surface area contributed by atoms with Crippen molar-refractivity contribution in [3.63, 3.8) is 0 Å². The molecule has 3 nitrogen and oxygen atoms in total. The Morgan fingerprint density at radius 3 is 2.54 bits per heavy atom. The van der Waals surface area contributed by atoms with Gasteiger partial charge in [0.1, 0.15) is 0 Å². The van der Waals surface area contributed by atoms with Gasteiger partial charge in [0, 0.05) is 20.1 Å². The maximum absolute atomic E-state index is 11.8. The van der Waals surface area contributed by atoms with E-state index < -0.39 is 5.41 Å². The Bertz CT molecular complexity index is 185. The predicted octanol–water partition coefficient (Wildman–Crippen LogP) is 1.01. The first kappa shape index (κ1) is 12.2. The number of carbonyl (C=O) groups excluding carboxylic acids is 1. The zero-order valence-electron chi connectivity index (χ0n) is 8.84. The number of nitrogens with zero attached hydrogens (tertiary/aromatic N) is 1. The fourth-order valence-electron chi connectivity index (χ4n) is 1.12. The molecule has 0 bridgehead atoms. The second-order valence-electron chi connectivity index (χ2n) is 3.59. The van der Waals surface area contributed by atoms with Crippen molar-refractivity contribution in [1.82, 2.24) is 4.90 Å². The summed E-state index contributed by atoms with van der Waals surface area (Å²) in [6, 6.07) is 0. The molecule has 0 aromatic heterocycles. The molecule has 0 fully saturated rings. The Morgan fingerprint density at radius 2 is 2.23 bits per heavy atom. The van der Waals surface area contributed by atoms with Gasteiger partial charge in [0.25, 0.3) is 0 Å². The highest BCUT2D eigenvalue weighted by Gasteiger charge is 2.31. The lowest BCUT2D eigenvalue weighted by Crippen LogP contribution is -2.44. The zero-order valence-corrected chi connectivity index (χ0v) is 8.84. The molecule has 0 aliphatic heterocycles. The van der Waals surface area contributed by atoms with Gasteiger partial charge in [-0.05, 0) is 13.3 Å². The van der Waals surface area contributed by atoms with Gasteiger partial charge in [0.15, 0.2) is 0 Å². The third-order valence-corrected chi connectivity index (χ3v) is 2.50. The smallest absolute Gasteiger partial charge is 0.229 e. The number of nitrogens with two attached hydrogens (primary N) is 1. The fraction of sp³-hybridized carbons (Fsp3) is 0.700. The van der Waals surface area contributed by atoms with E-state index >= 15 is 0 Å². The average molecular weight is 184 g/mol. The lowest BCUT2D eigenvalue weighted by Gasteiger charge is -2.29. The maximum atomic E-state index is 11.8. The lowest BCUT2D eigenvalue weighted by molar-refractivity contribution is -0.139. The Morgan fingerprint density at radius 1 is 1.69 bits per heavy atom. The maximum Gasteiger partial charge on any atom is 0.229 e. The normalized spacial score (nSPS) is 14.8. The van der Waals surface area contributed by atoms with Crippen molar-refractivity contribution in [3.8, 4) is 0 Å². The van der Waals surface area contributed by atoms with E-state index in [9.17, 15) is 4.79 Å². The summed E-state index contributed by atoms with van der Waals surface area (Å²) in [5, 5.41) is 0. The van der Waals surface area contributed by atoms with E-state index in [1.165, 1.54) is 0 Å². The lowest BCUT2D eigenvalue weighted by atomic mass is 9.86. The quantitative estimate of drug-likeness (QED) is 0.648. The van der Waals surface area contributed by atoms with Crippen LogP contribution in [0.25, 0.3) is 0 Å². The molecule has 0 rings (SSSR count). The van der Waals surface area contributed by atoms with Gasteiger partial charge in [-0.1, -0.05) is 13.0 Å². The number of hydrogen-bond acceptors (Lipinski definition) is 2. The van der Waals surface area contributed by atoms with Crippen LogP contribution in [-0.4, -0.2) is 30.9 Å². The van der Waals surface area contributed by atoms with Gasteiger partial charge >= 0.3 is 0 Å². The Hall–Kier alpha value is -0.830. The molecule has 1 atom stereocenters. The van der Waals surface area contributed by atoms with Gasteiger partial charge < -0.3 is 10.6 Å². The summed E-state index contributed by atoms with van der Waals surface area (Å²) in [5.74, 6) is 0.0948. The van der Waals surface area contributed by atoms with Crippen LogP contribution in [0.2, 0.25) is 0 Å². The highest BCUT2D eigenvalue weighted by atomic mass is 16.2. The van der Waals surface area contributed by atoms with E-state index in [1.807, 2.05) is 13.8 Å². The third-order valence-electron chi connectivity index (χ3n) is 2.50. The van der Waals surface area contributed by atoms with Crippen LogP contribution in [0.15, 0.2) is 12.7 Å². The van der Waals surface area contributed by atoms with Crippen LogP contribution in [0.1, 0.15) is 20.3 Å². The van der Waals surface area contributed by atoms with E-state index in [0.717, 1.165) is 6.42 Å². The van der Waals surface area contributed by atoms with Crippen LogP contribution in [0.5, 0.6) is 0 Å². The molecule has 1 unspecified atom stereocenters. The molecule has 2 N–H and O–H groups in total. The molecule has 0 aromatic rings. The minimum Gasteiger partial charge on any atom is -0.342 e. The second-order valence-corrected chi connectivity index (χ2v) is 3.59. The van der Waals surface area contributed by atoms with Gasteiger partial charge in [-0.25, -0.2) is 0 Å². The van der Waals surface area contributed by atoms with Crippen molar-refractivity contribution >= 4 is 5.91 Å². The van der Waals surface area contributed by atoms with E-state index in [4.69, 9.17) is 5.73 Å². The molecule has 76 valence electrons. The molecule has 0 aliphatic carbocycles. The molecular weight excluding hydrogens is 164 g/mol. The molecule has 1 amide bonds. The summed E-state index contributed by atoms with van der Waals surface area (Å²) in [5.41, 5.74) is 5.16. The standard InChI is InChI=1S/C10H20N2O/c1-5-7-12(4)9(13)10(3,6-2)8-11/h5H,1,6-8,11H2,2-4H3. The fourth-order valence-corrected chi connectivity index (χ4v) is 1.12. The molecule has 0 saturated heterocycles.